The average molecular weight is 276 g/mol. The third kappa shape index (κ3) is 3.23. The van der Waals surface area contributed by atoms with Gasteiger partial charge in [-0.05, 0) is 38.1 Å². The number of thiazole rings is 1. The number of nitrogens with one attached hydrogen (secondary N) is 1. The first-order valence-corrected chi connectivity index (χ1v) is 7.80. The smallest absolute Gasteiger partial charge is 0.193 e. The Kier molecular flexibility index (Phi) is 4.27. The van der Waals surface area contributed by atoms with Gasteiger partial charge in [0.15, 0.2) is 5.13 Å². The summed E-state index contributed by atoms with van der Waals surface area (Å²) in [5.41, 5.74) is 1.27. The van der Waals surface area contributed by atoms with E-state index in [1.165, 1.54) is 31.6 Å². The maximum atomic E-state index is 4.36. The highest BCUT2D eigenvalue weighted by Gasteiger charge is 2.10. The van der Waals surface area contributed by atoms with Gasteiger partial charge in [0.05, 0.1) is 0 Å². The number of aromatic nitrogens is 2. The maximum absolute atomic E-state index is 4.36. The molecule has 0 aliphatic carbocycles. The van der Waals surface area contributed by atoms with Crippen LogP contribution >= 0.6 is 11.3 Å². The van der Waals surface area contributed by atoms with Crippen LogP contribution in [0.25, 0.3) is 5.13 Å². The zero-order chi connectivity index (χ0) is 12.9. The van der Waals surface area contributed by atoms with Crippen molar-refractivity contribution < 1.29 is 0 Å². The molecule has 0 unspecified atom stereocenters. The Hall–Kier alpha value is -1.17. The molecule has 1 aliphatic rings. The van der Waals surface area contributed by atoms with Crippen LogP contribution in [0, 0.1) is 0 Å². The topological polar surface area (TPSA) is 33.1 Å². The van der Waals surface area contributed by atoms with Crippen LogP contribution in [0.5, 0.6) is 0 Å². The summed E-state index contributed by atoms with van der Waals surface area (Å²) in [6.07, 6.45) is 6.67. The Morgan fingerprint density at radius 3 is 3.00 bits per heavy atom. The Labute approximate surface area is 118 Å². The van der Waals surface area contributed by atoms with Crippen molar-refractivity contribution in [2.24, 2.45) is 0 Å². The molecule has 0 radical (unpaired) electrons. The summed E-state index contributed by atoms with van der Waals surface area (Å²) >= 11 is 1.67. The molecule has 1 N–H and O–H groups in total. The highest BCUT2D eigenvalue weighted by atomic mass is 32.1. The van der Waals surface area contributed by atoms with Crippen LogP contribution in [0.3, 0.4) is 0 Å². The molecule has 102 valence electrons. The lowest BCUT2D eigenvalue weighted by Crippen LogP contribution is -2.30. The largest absolute Gasteiger partial charge is 0.310 e. The summed E-state index contributed by atoms with van der Waals surface area (Å²) < 4.78 is 2.16. The normalized spacial score (nSPS) is 16.2. The Balaban J connectivity index is 1.49. The first kappa shape index (κ1) is 12.8. The van der Waals surface area contributed by atoms with Gasteiger partial charge in [-0.1, -0.05) is 0 Å². The SMILES string of the molecule is c1cc(CNCCN2CCCC2)n(-c2nccs2)c1. The van der Waals surface area contributed by atoms with E-state index < -0.39 is 0 Å². The molecule has 2 aromatic rings. The molecule has 3 heterocycles. The fourth-order valence-electron chi connectivity index (χ4n) is 2.54. The molecule has 0 atom stereocenters. The quantitative estimate of drug-likeness (QED) is 0.820. The molecule has 0 spiro atoms. The van der Waals surface area contributed by atoms with Gasteiger partial charge >= 0.3 is 0 Å². The van der Waals surface area contributed by atoms with Crippen molar-refractivity contribution in [3.63, 3.8) is 0 Å². The van der Waals surface area contributed by atoms with Crippen LogP contribution in [0.2, 0.25) is 0 Å². The molecule has 0 aromatic carbocycles. The number of hydrogen-bond donors (Lipinski definition) is 1. The van der Waals surface area contributed by atoms with Gasteiger partial charge in [0.1, 0.15) is 0 Å². The lowest BCUT2D eigenvalue weighted by molar-refractivity contribution is 0.335. The molecule has 0 saturated carbocycles. The van der Waals surface area contributed by atoms with Gasteiger partial charge < -0.3 is 10.2 Å². The number of rotatable bonds is 6. The Morgan fingerprint density at radius 2 is 2.21 bits per heavy atom. The summed E-state index contributed by atoms with van der Waals surface area (Å²) in [5, 5.41) is 6.59. The van der Waals surface area contributed by atoms with Crippen LogP contribution in [0.1, 0.15) is 18.5 Å². The van der Waals surface area contributed by atoms with E-state index in [0.29, 0.717) is 0 Å². The lowest BCUT2D eigenvalue weighted by Gasteiger charge is -2.15. The Bertz CT molecular complexity index is 485. The van der Waals surface area contributed by atoms with Crippen molar-refractivity contribution in [1.29, 1.82) is 0 Å². The van der Waals surface area contributed by atoms with Crippen LogP contribution in [-0.2, 0) is 6.54 Å². The van der Waals surface area contributed by atoms with Crippen LogP contribution in [0.15, 0.2) is 29.9 Å². The van der Waals surface area contributed by atoms with Gasteiger partial charge in [-0.2, -0.15) is 0 Å². The summed E-state index contributed by atoms with van der Waals surface area (Å²) in [6, 6.07) is 4.24. The van der Waals surface area contributed by atoms with E-state index >= 15 is 0 Å². The van der Waals surface area contributed by atoms with Gasteiger partial charge in [0.2, 0.25) is 0 Å². The van der Waals surface area contributed by atoms with Gasteiger partial charge in [0, 0.05) is 43.1 Å². The minimum atomic E-state index is 0.903. The fourth-order valence-corrected chi connectivity index (χ4v) is 3.20. The highest BCUT2D eigenvalue weighted by Crippen LogP contribution is 2.14. The highest BCUT2D eigenvalue weighted by molar-refractivity contribution is 7.12. The van der Waals surface area contributed by atoms with Gasteiger partial charge in [0.25, 0.3) is 0 Å². The van der Waals surface area contributed by atoms with Gasteiger partial charge in [-0.3, -0.25) is 4.57 Å². The lowest BCUT2D eigenvalue weighted by atomic mass is 10.4. The number of nitrogens with zero attached hydrogens (tertiary/aromatic N) is 3. The van der Waals surface area contributed by atoms with E-state index in [4.69, 9.17) is 0 Å². The van der Waals surface area contributed by atoms with Crippen LogP contribution in [-0.4, -0.2) is 40.6 Å². The monoisotopic (exact) mass is 276 g/mol. The van der Waals surface area contributed by atoms with Crippen molar-refractivity contribution in [3.8, 4) is 5.13 Å². The molecule has 1 fully saturated rings. The molecule has 1 aliphatic heterocycles. The second-order valence-electron chi connectivity index (χ2n) is 4.91. The molecule has 19 heavy (non-hydrogen) atoms. The summed E-state index contributed by atoms with van der Waals surface area (Å²) in [5.74, 6) is 0. The molecular formula is C14H20N4S. The van der Waals surface area contributed by atoms with E-state index in [9.17, 15) is 0 Å². The molecule has 4 nitrogen and oxygen atoms in total. The Morgan fingerprint density at radius 1 is 1.32 bits per heavy atom. The minimum Gasteiger partial charge on any atom is -0.310 e. The number of likely N-dealkylation sites (tertiary alicyclic amines) is 1. The second-order valence-corrected chi connectivity index (χ2v) is 5.78. The van der Waals surface area contributed by atoms with E-state index in [-0.39, 0.29) is 0 Å². The molecule has 1 saturated heterocycles. The van der Waals surface area contributed by atoms with Crippen molar-refractivity contribution in [2.75, 3.05) is 26.2 Å². The van der Waals surface area contributed by atoms with Crippen molar-refractivity contribution in [1.82, 2.24) is 19.8 Å². The molecule has 2 aromatic heterocycles. The van der Waals surface area contributed by atoms with Crippen LogP contribution < -0.4 is 5.32 Å². The van der Waals surface area contributed by atoms with Crippen molar-refractivity contribution in [3.05, 3.63) is 35.6 Å². The van der Waals surface area contributed by atoms with Gasteiger partial charge in [-0.25, -0.2) is 4.98 Å². The van der Waals surface area contributed by atoms with Crippen molar-refractivity contribution >= 4 is 11.3 Å². The van der Waals surface area contributed by atoms with E-state index in [1.807, 2.05) is 11.6 Å². The zero-order valence-electron chi connectivity index (χ0n) is 11.1. The van der Waals surface area contributed by atoms with E-state index in [2.05, 4.69) is 38.1 Å². The van der Waals surface area contributed by atoms with Crippen LogP contribution in [0.4, 0.5) is 0 Å². The zero-order valence-corrected chi connectivity index (χ0v) is 11.9. The third-order valence-corrected chi connectivity index (χ3v) is 4.34. The first-order valence-electron chi connectivity index (χ1n) is 6.93. The summed E-state index contributed by atoms with van der Waals surface area (Å²) in [6.45, 7) is 5.68. The molecular weight excluding hydrogens is 256 g/mol. The van der Waals surface area contributed by atoms with Crippen molar-refractivity contribution in [2.45, 2.75) is 19.4 Å². The fraction of sp³-hybridized carbons (Fsp3) is 0.500. The number of hydrogen-bond acceptors (Lipinski definition) is 4. The molecule has 3 rings (SSSR count). The summed E-state index contributed by atoms with van der Waals surface area (Å²) in [7, 11) is 0. The standard InChI is InChI=1S/C14H20N4S/c1-2-8-17(7-1)10-5-15-12-13-4-3-9-18(13)14-16-6-11-19-14/h3-4,6,9,11,15H,1-2,5,7-8,10,12H2. The predicted molar refractivity (Wildman–Crippen MR) is 78.8 cm³/mol. The third-order valence-electron chi connectivity index (χ3n) is 3.57. The molecule has 0 amide bonds. The maximum Gasteiger partial charge on any atom is 0.193 e. The second kappa shape index (κ2) is 6.32. The minimum absolute atomic E-state index is 0.903. The van der Waals surface area contributed by atoms with Gasteiger partial charge in [-0.15, -0.1) is 11.3 Å². The summed E-state index contributed by atoms with van der Waals surface area (Å²) in [4.78, 5) is 6.89. The first-order chi connectivity index (χ1) is 9.43. The molecule has 0 bridgehead atoms. The molecule has 5 heteroatoms. The predicted octanol–water partition coefficient (Wildman–Crippen LogP) is 2.12. The van der Waals surface area contributed by atoms with E-state index in [1.54, 1.807) is 11.3 Å². The average Bonchev–Trinajstić information content (AvgIpc) is 3.15. The van der Waals surface area contributed by atoms with E-state index in [0.717, 1.165) is 24.8 Å².